The number of hydrogen-bond acceptors (Lipinski definition) is 5. The molecule has 1 unspecified atom stereocenters. The van der Waals surface area contributed by atoms with Gasteiger partial charge in [0.25, 0.3) is 5.56 Å². The van der Waals surface area contributed by atoms with Crippen LogP contribution in [0.5, 0.6) is 0 Å². The van der Waals surface area contributed by atoms with Crippen LogP contribution in [-0.2, 0) is 29.4 Å². The third-order valence-corrected chi connectivity index (χ3v) is 5.68. The van der Waals surface area contributed by atoms with Crippen LogP contribution < -0.4 is 11.2 Å². The quantitative estimate of drug-likeness (QED) is 0.621. The number of imidazole rings is 1. The molecule has 0 N–H and O–H groups in total. The van der Waals surface area contributed by atoms with Crippen molar-refractivity contribution in [2.24, 2.45) is 5.41 Å². The number of fused-ring (bicyclic) bond motifs is 1. The Labute approximate surface area is 181 Å². The van der Waals surface area contributed by atoms with Crippen molar-refractivity contribution in [1.82, 2.24) is 18.7 Å². The number of ether oxygens (including phenoxy) is 1. The Morgan fingerprint density at radius 1 is 1.19 bits per heavy atom. The Bertz CT molecular complexity index is 1070. The molecule has 2 aromatic rings. The minimum absolute atomic E-state index is 0.103. The predicted molar refractivity (Wildman–Crippen MR) is 116 cm³/mol. The van der Waals surface area contributed by atoms with E-state index >= 15 is 0 Å². The maximum atomic E-state index is 14.0. The van der Waals surface area contributed by atoms with E-state index in [1.165, 1.54) is 11.5 Å². The van der Waals surface area contributed by atoms with Crippen LogP contribution in [0.3, 0.4) is 0 Å². The molecule has 0 bridgehead atoms. The van der Waals surface area contributed by atoms with E-state index in [-0.39, 0.29) is 36.9 Å². The molecule has 172 valence electrons. The summed E-state index contributed by atoms with van der Waals surface area (Å²) in [5.74, 6) is 0.331. The van der Waals surface area contributed by atoms with Crippen LogP contribution in [0.4, 0.5) is 4.39 Å². The molecule has 0 radical (unpaired) electrons. The molecule has 0 aromatic carbocycles. The van der Waals surface area contributed by atoms with Crippen molar-refractivity contribution in [2.45, 2.75) is 98.6 Å². The lowest BCUT2D eigenvalue weighted by molar-refractivity contribution is -0.156. The van der Waals surface area contributed by atoms with Crippen molar-refractivity contribution in [2.75, 3.05) is 0 Å². The van der Waals surface area contributed by atoms with Crippen molar-refractivity contribution < 1.29 is 13.9 Å². The lowest BCUT2D eigenvalue weighted by Gasteiger charge is -2.19. The molecule has 3 rings (SSSR count). The molecule has 1 fully saturated rings. The van der Waals surface area contributed by atoms with Gasteiger partial charge in [-0.15, -0.1) is 0 Å². The molecule has 1 aliphatic carbocycles. The van der Waals surface area contributed by atoms with Crippen molar-refractivity contribution in [3.05, 3.63) is 26.7 Å². The number of alkyl halides is 1. The summed E-state index contributed by atoms with van der Waals surface area (Å²) in [5.41, 5.74) is -1.37. The van der Waals surface area contributed by atoms with Crippen molar-refractivity contribution >= 4 is 17.1 Å². The van der Waals surface area contributed by atoms with Crippen molar-refractivity contribution in [1.29, 1.82) is 0 Å². The fourth-order valence-electron chi connectivity index (χ4n) is 4.11. The first-order chi connectivity index (χ1) is 14.6. The van der Waals surface area contributed by atoms with Crippen LogP contribution in [0.25, 0.3) is 11.2 Å². The van der Waals surface area contributed by atoms with Gasteiger partial charge < -0.3 is 4.74 Å². The van der Waals surface area contributed by atoms with Gasteiger partial charge in [0, 0.05) is 12.5 Å². The zero-order valence-corrected chi connectivity index (χ0v) is 19.1. The number of hydrogen-bond donors (Lipinski definition) is 0. The number of aromatic nitrogens is 4. The highest BCUT2D eigenvalue weighted by atomic mass is 19.1. The van der Waals surface area contributed by atoms with E-state index in [1.807, 2.05) is 6.92 Å². The fraction of sp³-hybridized carbons (Fsp3) is 0.727. The first-order valence-electron chi connectivity index (χ1n) is 11.1. The van der Waals surface area contributed by atoms with Gasteiger partial charge in [0.2, 0.25) is 0 Å². The monoisotopic (exact) mass is 436 g/mol. The number of rotatable bonds is 7. The van der Waals surface area contributed by atoms with Crippen LogP contribution >= 0.6 is 0 Å². The molecule has 8 nitrogen and oxygen atoms in total. The van der Waals surface area contributed by atoms with Gasteiger partial charge in [-0.1, -0.05) is 19.8 Å². The second-order valence-electron chi connectivity index (χ2n) is 9.49. The lowest BCUT2D eigenvalue weighted by atomic mass is 9.98. The summed E-state index contributed by atoms with van der Waals surface area (Å²) in [6, 6.07) is 0. The van der Waals surface area contributed by atoms with Crippen molar-refractivity contribution in [3.63, 3.8) is 0 Å². The summed E-state index contributed by atoms with van der Waals surface area (Å²) in [6.07, 6.45) is 3.20. The average Bonchev–Trinajstić information content (AvgIpc) is 3.33. The first kappa shape index (κ1) is 23.2. The van der Waals surface area contributed by atoms with Crippen LogP contribution in [0.15, 0.2) is 9.59 Å². The third-order valence-electron chi connectivity index (χ3n) is 5.68. The zero-order chi connectivity index (χ0) is 22.9. The number of nitrogens with zero attached hydrogens (tertiary/aromatic N) is 4. The van der Waals surface area contributed by atoms with Gasteiger partial charge in [-0.05, 0) is 47.0 Å². The number of halogens is 1. The zero-order valence-electron chi connectivity index (χ0n) is 19.1. The molecule has 0 aliphatic heterocycles. The standard InChI is InChI=1S/C22H33FN4O4/c1-6-11-25-19(28)16-18(26(21(25)30)12-14(2)23)24-17(15-9-7-8-10-15)27(16)13-31-20(29)22(3,4)5/h14-15H,6-13H2,1-5H3. The van der Waals surface area contributed by atoms with Gasteiger partial charge in [0.05, 0.1) is 12.0 Å². The van der Waals surface area contributed by atoms with Crippen LogP contribution in [0, 0.1) is 5.41 Å². The lowest BCUT2D eigenvalue weighted by Crippen LogP contribution is -2.41. The van der Waals surface area contributed by atoms with Gasteiger partial charge >= 0.3 is 11.7 Å². The summed E-state index contributed by atoms with van der Waals surface area (Å²) in [7, 11) is 0. The van der Waals surface area contributed by atoms with Gasteiger partial charge in [0.15, 0.2) is 17.9 Å². The normalized spacial score (nSPS) is 16.2. The van der Waals surface area contributed by atoms with E-state index in [2.05, 4.69) is 4.98 Å². The van der Waals surface area contributed by atoms with Gasteiger partial charge in [-0.2, -0.15) is 0 Å². The largest absolute Gasteiger partial charge is 0.443 e. The Kier molecular flexibility index (Phi) is 6.71. The highest BCUT2D eigenvalue weighted by Gasteiger charge is 2.30. The van der Waals surface area contributed by atoms with Crippen LogP contribution in [0.2, 0.25) is 0 Å². The Balaban J connectivity index is 2.26. The summed E-state index contributed by atoms with van der Waals surface area (Å²) >= 11 is 0. The minimum atomic E-state index is -1.28. The van der Waals surface area contributed by atoms with Crippen molar-refractivity contribution in [3.8, 4) is 0 Å². The maximum Gasteiger partial charge on any atom is 0.332 e. The number of carbonyl (C=O) groups is 1. The van der Waals surface area contributed by atoms with Gasteiger partial charge in [-0.25, -0.2) is 14.2 Å². The van der Waals surface area contributed by atoms with E-state index in [1.54, 1.807) is 25.3 Å². The minimum Gasteiger partial charge on any atom is -0.443 e. The molecule has 0 spiro atoms. The number of esters is 1. The molecule has 1 aliphatic rings. The molecule has 1 atom stereocenters. The molecule has 2 aromatic heterocycles. The molecule has 9 heteroatoms. The summed E-state index contributed by atoms with van der Waals surface area (Å²) < 4.78 is 23.5. The van der Waals surface area contributed by atoms with E-state index < -0.39 is 28.8 Å². The molecule has 0 amide bonds. The SMILES string of the molecule is CCCn1c(=O)c2c(nc(C3CCCC3)n2COC(=O)C(C)(C)C)n(CC(C)F)c1=O. The summed E-state index contributed by atoms with van der Waals surface area (Å²) in [4.78, 5) is 43.4. The smallest absolute Gasteiger partial charge is 0.332 e. The predicted octanol–water partition coefficient (Wildman–Crippen LogP) is 3.33. The topological polar surface area (TPSA) is 88.1 Å². The molecule has 0 saturated heterocycles. The molecule has 1 saturated carbocycles. The first-order valence-corrected chi connectivity index (χ1v) is 11.1. The maximum absolute atomic E-state index is 14.0. The Morgan fingerprint density at radius 3 is 2.39 bits per heavy atom. The van der Waals surface area contributed by atoms with Crippen LogP contribution in [-0.4, -0.2) is 30.8 Å². The average molecular weight is 437 g/mol. The molecule has 31 heavy (non-hydrogen) atoms. The summed E-state index contributed by atoms with van der Waals surface area (Å²) in [6.45, 7) is 8.37. The van der Waals surface area contributed by atoms with Gasteiger partial charge in [-0.3, -0.25) is 23.3 Å². The second-order valence-corrected chi connectivity index (χ2v) is 9.49. The van der Waals surface area contributed by atoms with E-state index in [4.69, 9.17) is 4.74 Å². The fourth-order valence-corrected chi connectivity index (χ4v) is 4.11. The van der Waals surface area contributed by atoms with E-state index in [0.29, 0.717) is 12.2 Å². The summed E-state index contributed by atoms with van der Waals surface area (Å²) in [5, 5.41) is 0. The Morgan fingerprint density at radius 2 is 1.84 bits per heavy atom. The highest BCUT2D eigenvalue weighted by Crippen LogP contribution is 2.34. The third kappa shape index (κ3) is 4.60. The highest BCUT2D eigenvalue weighted by molar-refractivity contribution is 5.75. The van der Waals surface area contributed by atoms with E-state index in [9.17, 15) is 18.8 Å². The molecule has 2 heterocycles. The molecular weight excluding hydrogens is 403 g/mol. The Hall–Kier alpha value is -2.45. The number of carbonyl (C=O) groups excluding carboxylic acids is 1. The van der Waals surface area contributed by atoms with Crippen LogP contribution in [0.1, 0.15) is 78.5 Å². The van der Waals surface area contributed by atoms with E-state index in [0.717, 1.165) is 30.3 Å². The van der Waals surface area contributed by atoms with Gasteiger partial charge in [0.1, 0.15) is 12.0 Å². The molecular formula is C22H33FN4O4. The second kappa shape index (κ2) is 8.96.